The van der Waals surface area contributed by atoms with E-state index in [2.05, 4.69) is 5.32 Å². The number of fused-ring (bicyclic) bond motifs is 1. The van der Waals surface area contributed by atoms with E-state index in [9.17, 15) is 14.4 Å². The predicted octanol–water partition coefficient (Wildman–Crippen LogP) is 2.51. The van der Waals surface area contributed by atoms with Gasteiger partial charge in [-0.05, 0) is 51.1 Å². The lowest BCUT2D eigenvalue weighted by Gasteiger charge is -2.29. The molecule has 1 aliphatic heterocycles. The lowest BCUT2D eigenvalue weighted by molar-refractivity contribution is -0.125. The zero-order chi connectivity index (χ0) is 21.0. The van der Waals surface area contributed by atoms with E-state index in [1.807, 2.05) is 32.9 Å². The Balaban J connectivity index is 1.75. The van der Waals surface area contributed by atoms with Gasteiger partial charge in [0.1, 0.15) is 18.0 Å². The molecule has 0 atom stereocenters. The first-order chi connectivity index (χ1) is 13.8. The zero-order valence-corrected chi connectivity index (χ0v) is 16.7. The first-order valence-electron chi connectivity index (χ1n) is 9.42. The van der Waals surface area contributed by atoms with Crippen molar-refractivity contribution in [2.45, 2.75) is 26.8 Å². The maximum absolute atomic E-state index is 12.6. The van der Waals surface area contributed by atoms with E-state index >= 15 is 0 Å². The van der Waals surface area contributed by atoms with Gasteiger partial charge in [-0.2, -0.15) is 0 Å². The van der Waals surface area contributed by atoms with E-state index in [1.54, 1.807) is 30.3 Å². The Bertz CT molecular complexity index is 921. The standard InChI is InChI=1S/C22H24N2O5/c1-14(2)23-21(26)11-24-18-10-16(6-9-20(18)29-13-22(24)27)19(25)12-28-17-7-4-15(3)5-8-17/h4-10,14H,11-13H2,1-3H3,(H,23,26). The number of amides is 2. The fraction of sp³-hybridized carbons (Fsp3) is 0.318. The van der Waals surface area contributed by atoms with Crippen LogP contribution in [-0.4, -0.2) is 43.4 Å². The molecule has 0 fully saturated rings. The number of nitrogens with zero attached hydrogens (tertiary/aromatic N) is 1. The van der Waals surface area contributed by atoms with Gasteiger partial charge in [0.15, 0.2) is 19.0 Å². The summed E-state index contributed by atoms with van der Waals surface area (Å²) >= 11 is 0. The van der Waals surface area contributed by atoms with Crippen molar-refractivity contribution in [2.75, 3.05) is 24.7 Å². The summed E-state index contributed by atoms with van der Waals surface area (Å²) in [7, 11) is 0. The SMILES string of the molecule is Cc1ccc(OCC(=O)c2ccc3c(c2)N(CC(=O)NC(C)C)C(=O)CO3)cc1. The van der Waals surface area contributed by atoms with E-state index < -0.39 is 0 Å². The van der Waals surface area contributed by atoms with Gasteiger partial charge in [0.2, 0.25) is 5.91 Å². The molecule has 3 rings (SSSR count). The molecule has 2 aromatic carbocycles. The van der Waals surface area contributed by atoms with Gasteiger partial charge in [0.05, 0.1) is 5.69 Å². The molecule has 0 saturated heterocycles. The Labute approximate surface area is 169 Å². The largest absolute Gasteiger partial charge is 0.485 e. The molecule has 0 radical (unpaired) electrons. The zero-order valence-electron chi connectivity index (χ0n) is 16.7. The minimum Gasteiger partial charge on any atom is -0.485 e. The van der Waals surface area contributed by atoms with Crippen LogP contribution in [0.15, 0.2) is 42.5 Å². The summed E-state index contributed by atoms with van der Waals surface area (Å²) < 4.78 is 11.0. The van der Waals surface area contributed by atoms with Crippen LogP contribution in [0.2, 0.25) is 0 Å². The first-order valence-corrected chi connectivity index (χ1v) is 9.42. The second-order valence-corrected chi connectivity index (χ2v) is 7.20. The second-order valence-electron chi connectivity index (χ2n) is 7.20. The molecule has 0 unspecified atom stereocenters. The monoisotopic (exact) mass is 396 g/mol. The van der Waals surface area contributed by atoms with Crippen molar-refractivity contribution < 1.29 is 23.9 Å². The molecule has 29 heavy (non-hydrogen) atoms. The number of hydrogen-bond donors (Lipinski definition) is 1. The maximum atomic E-state index is 12.6. The van der Waals surface area contributed by atoms with Gasteiger partial charge < -0.3 is 14.8 Å². The van der Waals surface area contributed by atoms with E-state index in [-0.39, 0.29) is 43.4 Å². The molecule has 2 amide bonds. The number of ketones is 1. The van der Waals surface area contributed by atoms with Crippen LogP contribution in [-0.2, 0) is 9.59 Å². The third-order valence-electron chi connectivity index (χ3n) is 4.37. The van der Waals surface area contributed by atoms with Crippen molar-refractivity contribution in [3.05, 3.63) is 53.6 Å². The molecule has 0 aromatic heterocycles. The van der Waals surface area contributed by atoms with Gasteiger partial charge in [-0.3, -0.25) is 19.3 Å². The number of anilines is 1. The van der Waals surface area contributed by atoms with Gasteiger partial charge in [-0.25, -0.2) is 0 Å². The third kappa shape index (κ3) is 5.13. The van der Waals surface area contributed by atoms with E-state index in [0.29, 0.717) is 22.7 Å². The van der Waals surface area contributed by atoms with Crippen LogP contribution in [0, 0.1) is 6.92 Å². The summed E-state index contributed by atoms with van der Waals surface area (Å²) in [4.78, 5) is 38.4. The Morgan fingerprint density at radius 1 is 1.17 bits per heavy atom. The number of aryl methyl sites for hydroxylation is 1. The molecule has 152 valence electrons. The van der Waals surface area contributed by atoms with Gasteiger partial charge >= 0.3 is 0 Å². The Morgan fingerprint density at radius 2 is 1.90 bits per heavy atom. The summed E-state index contributed by atoms with van der Waals surface area (Å²) in [6.45, 7) is 5.25. The highest BCUT2D eigenvalue weighted by atomic mass is 16.5. The molecular weight excluding hydrogens is 372 g/mol. The molecule has 0 saturated carbocycles. The fourth-order valence-corrected chi connectivity index (χ4v) is 2.93. The smallest absolute Gasteiger partial charge is 0.265 e. The van der Waals surface area contributed by atoms with E-state index in [1.165, 1.54) is 4.90 Å². The number of rotatable bonds is 7. The van der Waals surface area contributed by atoms with Crippen LogP contribution in [0.5, 0.6) is 11.5 Å². The fourth-order valence-electron chi connectivity index (χ4n) is 2.93. The first kappa shape index (κ1) is 20.4. The van der Waals surface area contributed by atoms with Crippen LogP contribution in [0.4, 0.5) is 5.69 Å². The van der Waals surface area contributed by atoms with Crippen molar-refractivity contribution in [3.8, 4) is 11.5 Å². The van der Waals surface area contributed by atoms with Gasteiger partial charge in [0.25, 0.3) is 5.91 Å². The summed E-state index contributed by atoms with van der Waals surface area (Å²) in [6, 6.07) is 12.2. The molecule has 0 aliphatic carbocycles. The molecule has 1 N–H and O–H groups in total. The number of benzene rings is 2. The molecule has 1 heterocycles. The van der Waals surface area contributed by atoms with Gasteiger partial charge in [-0.1, -0.05) is 17.7 Å². The molecule has 2 aromatic rings. The highest BCUT2D eigenvalue weighted by Gasteiger charge is 2.28. The minimum atomic E-state index is -0.336. The van der Waals surface area contributed by atoms with Crippen molar-refractivity contribution in [1.82, 2.24) is 5.32 Å². The number of carbonyl (C=O) groups is 3. The average Bonchev–Trinajstić information content (AvgIpc) is 2.68. The third-order valence-corrected chi connectivity index (χ3v) is 4.37. The van der Waals surface area contributed by atoms with Crippen molar-refractivity contribution in [2.24, 2.45) is 0 Å². The molecule has 0 bridgehead atoms. The summed E-state index contributed by atoms with van der Waals surface area (Å²) in [5.41, 5.74) is 1.88. The highest BCUT2D eigenvalue weighted by molar-refractivity contribution is 6.04. The molecule has 7 heteroatoms. The topological polar surface area (TPSA) is 84.9 Å². The molecule has 0 spiro atoms. The number of Topliss-reactive ketones (excluding diaryl/α,β-unsaturated/α-hetero) is 1. The van der Waals surface area contributed by atoms with Crippen molar-refractivity contribution >= 4 is 23.3 Å². The number of carbonyl (C=O) groups excluding carboxylic acids is 3. The summed E-state index contributed by atoms with van der Waals surface area (Å²) in [5, 5.41) is 2.76. The van der Waals surface area contributed by atoms with E-state index in [4.69, 9.17) is 9.47 Å². The van der Waals surface area contributed by atoms with Gasteiger partial charge in [0, 0.05) is 11.6 Å². The van der Waals surface area contributed by atoms with Crippen molar-refractivity contribution in [1.29, 1.82) is 0 Å². The van der Waals surface area contributed by atoms with Crippen molar-refractivity contribution in [3.63, 3.8) is 0 Å². The molecule has 7 nitrogen and oxygen atoms in total. The Hall–Kier alpha value is -3.35. The Kier molecular flexibility index (Phi) is 6.16. The Morgan fingerprint density at radius 3 is 2.59 bits per heavy atom. The minimum absolute atomic E-state index is 0.0371. The van der Waals surface area contributed by atoms with Crippen LogP contribution >= 0.6 is 0 Å². The summed E-state index contributed by atoms with van der Waals surface area (Å²) in [6.07, 6.45) is 0. The van der Waals surface area contributed by atoms with Gasteiger partial charge in [-0.15, -0.1) is 0 Å². The van der Waals surface area contributed by atoms with Crippen LogP contribution in [0.3, 0.4) is 0 Å². The lowest BCUT2D eigenvalue weighted by Crippen LogP contribution is -2.46. The number of ether oxygens (including phenoxy) is 2. The predicted molar refractivity (Wildman–Crippen MR) is 109 cm³/mol. The highest BCUT2D eigenvalue weighted by Crippen LogP contribution is 2.33. The van der Waals surface area contributed by atoms with Crippen LogP contribution in [0.1, 0.15) is 29.8 Å². The number of nitrogens with one attached hydrogen (secondary N) is 1. The maximum Gasteiger partial charge on any atom is 0.265 e. The van der Waals surface area contributed by atoms with E-state index in [0.717, 1.165) is 5.56 Å². The quantitative estimate of drug-likeness (QED) is 0.727. The molecule has 1 aliphatic rings. The normalized spacial score (nSPS) is 13.0. The van der Waals surface area contributed by atoms with Crippen LogP contribution in [0.25, 0.3) is 0 Å². The lowest BCUT2D eigenvalue weighted by atomic mass is 10.1. The van der Waals surface area contributed by atoms with Crippen LogP contribution < -0.4 is 19.7 Å². The second kappa shape index (κ2) is 8.77. The molecular formula is C22H24N2O5. The average molecular weight is 396 g/mol. The number of hydrogen-bond acceptors (Lipinski definition) is 5. The summed E-state index contributed by atoms with van der Waals surface area (Å²) in [5.74, 6) is 0.209.